The smallest absolute Gasteiger partial charge is 0.251 e. The van der Waals surface area contributed by atoms with Crippen molar-refractivity contribution in [2.45, 2.75) is 32.1 Å². The molecule has 1 fully saturated rings. The van der Waals surface area contributed by atoms with Crippen molar-refractivity contribution in [3.8, 4) is 0 Å². The molecule has 1 aliphatic rings. The normalized spacial score (nSPS) is 15.6. The van der Waals surface area contributed by atoms with E-state index < -0.39 is 0 Å². The van der Waals surface area contributed by atoms with E-state index in [0.717, 1.165) is 37.2 Å². The van der Waals surface area contributed by atoms with Crippen LogP contribution in [0.1, 0.15) is 35.8 Å². The van der Waals surface area contributed by atoms with Gasteiger partial charge in [-0.25, -0.2) is 4.98 Å². The Bertz CT molecular complexity index is 731. The molecule has 0 bridgehead atoms. The molecule has 120 valence electrons. The average Bonchev–Trinajstić information content (AvgIpc) is 2.55. The van der Waals surface area contributed by atoms with Gasteiger partial charge in [0.05, 0.1) is 12.1 Å². The monoisotopic (exact) mass is 311 g/mol. The minimum Gasteiger partial charge on any atom is -0.342 e. The number of likely N-dealkylation sites (tertiary alicyclic amines) is 1. The Labute approximate surface area is 135 Å². The molecular weight excluding hydrogens is 290 g/mol. The van der Waals surface area contributed by atoms with E-state index in [9.17, 15) is 9.59 Å². The fourth-order valence-electron chi connectivity index (χ4n) is 3.12. The van der Waals surface area contributed by atoms with Gasteiger partial charge in [0.25, 0.3) is 5.56 Å². The number of rotatable bonds is 3. The topological polar surface area (TPSA) is 66.1 Å². The lowest BCUT2D eigenvalue weighted by molar-refractivity contribution is -0.131. The van der Waals surface area contributed by atoms with Gasteiger partial charge >= 0.3 is 0 Å². The number of aryl methyl sites for hydroxylation is 1. The van der Waals surface area contributed by atoms with Crippen LogP contribution in [-0.4, -0.2) is 33.9 Å². The van der Waals surface area contributed by atoms with E-state index in [4.69, 9.17) is 0 Å². The second-order valence-corrected chi connectivity index (χ2v) is 6.07. The van der Waals surface area contributed by atoms with Crippen molar-refractivity contribution in [2.24, 2.45) is 0 Å². The number of amides is 1. The van der Waals surface area contributed by atoms with Gasteiger partial charge in [0, 0.05) is 25.1 Å². The third-order valence-corrected chi connectivity index (χ3v) is 4.34. The Balaban J connectivity index is 1.59. The van der Waals surface area contributed by atoms with Crippen LogP contribution in [-0.2, 0) is 11.2 Å². The molecule has 2 heterocycles. The molecular formula is C18H21N3O2. The molecule has 0 saturated carbocycles. The van der Waals surface area contributed by atoms with E-state index in [-0.39, 0.29) is 17.4 Å². The summed E-state index contributed by atoms with van der Waals surface area (Å²) in [5.74, 6) is 1.08. The lowest BCUT2D eigenvalue weighted by Gasteiger charge is -2.31. The van der Waals surface area contributed by atoms with Gasteiger partial charge in [0.1, 0.15) is 5.82 Å². The van der Waals surface area contributed by atoms with Crippen LogP contribution in [0.2, 0.25) is 0 Å². The second kappa shape index (κ2) is 6.77. The molecule has 3 rings (SSSR count). The van der Waals surface area contributed by atoms with Gasteiger partial charge in [0.15, 0.2) is 0 Å². The Morgan fingerprint density at radius 3 is 2.61 bits per heavy atom. The molecule has 2 aromatic rings. The van der Waals surface area contributed by atoms with Gasteiger partial charge in [-0.1, -0.05) is 30.3 Å². The molecule has 0 atom stereocenters. The molecule has 5 nitrogen and oxygen atoms in total. The predicted octanol–water partition coefficient (Wildman–Crippen LogP) is 2.03. The Hall–Kier alpha value is -2.43. The summed E-state index contributed by atoms with van der Waals surface area (Å²) in [6, 6.07) is 11.4. The minimum absolute atomic E-state index is 0.102. The molecule has 23 heavy (non-hydrogen) atoms. The van der Waals surface area contributed by atoms with Crippen molar-refractivity contribution in [3.63, 3.8) is 0 Å². The predicted molar refractivity (Wildman–Crippen MR) is 88.3 cm³/mol. The molecule has 1 aliphatic heterocycles. The van der Waals surface area contributed by atoms with Crippen LogP contribution in [0.3, 0.4) is 0 Å². The van der Waals surface area contributed by atoms with Crippen molar-refractivity contribution < 1.29 is 4.79 Å². The summed E-state index contributed by atoms with van der Waals surface area (Å²) < 4.78 is 0. The SMILES string of the molecule is Cc1nc(C2CCN(C(=O)Cc3ccccc3)CC2)cc(=O)[nH]1. The van der Waals surface area contributed by atoms with E-state index in [1.54, 1.807) is 13.0 Å². The third kappa shape index (κ3) is 3.86. The zero-order valence-corrected chi connectivity index (χ0v) is 13.3. The molecule has 1 aromatic carbocycles. The number of piperidine rings is 1. The standard InChI is InChI=1S/C18H21N3O2/c1-13-19-16(12-17(22)20-13)15-7-9-21(10-8-15)18(23)11-14-5-3-2-4-6-14/h2-6,12,15H,7-11H2,1H3,(H,19,20,22). The molecule has 1 N–H and O–H groups in total. The number of benzene rings is 1. The number of aromatic nitrogens is 2. The molecule has 0 aliphatic carbocycles. The van der Waals surface area contributed by atoms with Gasteiger partial charge in [-0.3, -0.25) is 9.59 Å². The van der Waals surface area contributed by atoms with E-state index >= 15 is 0 Å². The maximum atomic E-state index is 12.4. The van der Waals surface area contributed by atoms with Crippen LogP contribution >= 0.6 is 0 Å². The van der Waals surface area contributed by atoms with Crippen molar-refractivity contribution in [1.82, 2.24) is 14.9 Å². The molecule has 0 unspecified atom stereocenters. The summed E-state index contributed by atoms with van der Waals surface area (Å²) in [7, 11) is 0. The van der Waals surface area contributed by atoms with Crippen LogP contribution in [0.25, 0.3) is 0 Å². The van der Waals surface area contributed by atoms with Gasteiger partial charge in [0.2, 0.25) is 5.91 Å². The summed E-state index contributed by atoms with van der Waals surface area (Å²) in [6.45, 7) is 3.25. The first-order chi connectivity index (χ1) is 11.1. The highest BCUT2D eigenvalue weighted by molar-refractivity contribution is 5.78. The fraction of sp³-hybridized carbons (Fsp3) is 0.389. The highest BCUT2D eigenvalue weighted by Crippen LogP contribution is 2.26. The molecule has 1 amide bonds. The Morgan fingerprint density at radius 2 is 1.96 bits per heavy atom. The largest absolute Gasteiger partial charge is 0.342 e. The summed E-state index contributed by atoms with van der Waals surface area (Å²) in [5.41, 5.74) is 1.79. The number of hydrogen-bond acceptors (Lipinski definition) is 3. The highest BCUT2D eigenvalue weighted by atomic mass is 16.2. The van der Waals surface area contributed by atoms with E-state index in [1.807, 2.05) is 35.2 Å². The maximum Gasteiger partial charge on any atom is 0.251 e. The molecule has 1 aromatic heterocycles. The Morgan fingerprint density at radius 1 is 1.26 bits per heavy atom. The van der Waals surface area contributed by atoms with Crippen molar-refractivity contribution >= 4 is 5.91 Å². The number of aromatic amines is 1. The summed E-state index contributed by atoms with van der Waals surface area (Å²) in [5, 5.41) is 0. The lowest BCUT2D eigenvalue weighted by Crippen LogP contribution is -2.39. The number of nitrogens with one attached hydrogen (secondary N) is 1. The average molecular weight is 311 g/mol. The van der Waals surface area contributed by atoms with Crippen LogP contribution < -0.4 is 5.56 Å². The van der Waals surface area contributed by atoms with Gasteiger partial charge in [-0.05, 0) is 25.3 Å². The number of hydrogen-bond donors (Lipinski definition) is 1. The quantitative estimate of drug-likeness (QED) is 0.943. The number of carbonyl (C=O) groups excluding carboxylic acids is 1. The number of carbonyl (C=O) groups is 1. The van der Waals surface area contributed by atoms with E-state index in [2.05, 4.69) is 9.97 Å². The summed E-state index contributed by atoms with van der Waals surface area (Å²) in [6.07, 6.45) is 2.17. The minimum atomic E-state index is -0.102. The number of nitrogens with zero attached hydrogens (tertiary/aromatic N) is 2. The zero-order chi connectivity index (χ0) is 16.2. The maximum absolute atomic E-state index is 12.4. The van der Waals surface area contributed by atoms with Gasteiger partial charge < -0.3 is 9.88 Å². The van der Waals surface area contributed by atoms with E-state index in [0.29, 0.717) is 12.2 Å². The molecule has 0 spiro atoms. The van der Waals surface area contributed by atoms with Crippen molar-refractivity contribution in [1.29, 1.82) is 0 Å². The highest BCUT2D eigenvalue weighted by Gasteiger charge is 2.25. The first-order valence-corrected chi connectivity index (χ1v) is 8.01. The van der Waals surface area contributed by atoms with Gasteiger partial charge in [-0.15, -0.1) is 0 Å². The summed E-state index contributed by atoms with van der Waals surface area (Å²) in [4.78, 5) is 33.0. The summed E-state index contributed by atoms with van der Waals surface area (Å²) >= 11 is 0. The van der Waals surface area contributed by atoms with Crippen LogP contribution in [0.4, 0.5) is 0 Å². The van der Waals surface area contributed by atoms with Crippen LogP contribution in [0.5, 0.6) is 0 Å². The van der Waals surface area contributed by atoms with Crippen LogP contribution in [0.15, 0.2) is 41.2 Å². The van der Waals surface area contributed by atoms with Crippen LogP contribution in [0, 0.1) is 6.92 Å². The van der Waals surface area contributed by atoms with E-state index in [1.165, 1.54) is 0 Å². The molecule has 0 radical (unpaired) electrons. The number of H-pyrrole nitrogens is 1. The molecule has 1 saturated heterocycles. The van der Waals surface area contributed by atoms with Crippen molar-refractivity contribution in [3.05, 3.63) is 63.8 Å². The molecule has 5 heteroatoms. The van der Waals surface area contributed by atoms with Gasteiger partial charge in [-0.2, -0.15) is 0 Å². The zero-order valence-electron chi connectivity index (χ0n) is 13.3. The lowest BCUT2D eigenvalue weighted by atomic mass is 9.93. The third-order valence-electron chi connectivity index (χ3n) is 4.34. The second-order valence-electron chi connectivity index (χ2n) is 6.07. The Kier molecular flexibility index (Phi) is 4.55. The van der Waals surface area contributed by atoms with Crippen molar-refractivity contribution in [2.75, 3.05) is 13.1 Å². The fourth-order valence-corrected chi connectivity index (χ4v) is 3.12. The first kappa shape index (κ1) is 15.5. The first-order valence-electron chi connectivity index (χ1n) is 8.01.